The van der Waals surface area contributed by atoms with Gasteiger partial charge in [-0.15, -0.1) is 0 Å². The van der Waals surface area contributed by atoms with Crippen LogP contribution in [0.4, 0.5) is 0 Å². The molecule has 2 fully saturated rings. The van der Waals surface area contributed by atoms with Crippen molar-refractivity contribution in [2.45, 2.75) is 191 Å². The van der Waals surface area contributed by atoms with Gasteiger partial charge in [0.1, 0.15) is 5.78 Å². The van der Waals surface area contributed by atoms with E-state index in [9.17, 15) is 24.3 Å². The second-order valence-corrected chi connectivity index (χ2v) is 17.5. The van der Waals surface area contributed by atoms with Gasteiger partial charge in [-0.05, 0) is 145 Å². The second-order valence-electron chi connectivity index (χ2n) is 17.5. The summed E-state index contributed by atoms with van der Waals surface area (Å²) in [5.74, 6) is 3.39. The van der Waals surface area contributed by atoms with Crippen molar-refractivity contribution in [3.63, 3.8) is 0 Å². The van der Waals surface area contributed by atoms with Crippen molar-refractivity contribution >= 4 is 29.3 Å². The van der Waals surface area contributed by atoms with Crippen molar-refractivity contribution < 1.29 is 33.9 Å². The molecule has 7 heteroatoms. The summed E-state index contributed by atoms with van der Waals surface area (Å²) in [6.45, 7) is 23.5. The van der Waals surface area contributed by atoms with Crippen LogP contribution in [-0.4, -0.2) is 40.5 Å². The SMILES string of the molecule is CC1=CC(=O)CCC1.CCC1CCC(=O)C=C1C.CCC1CCC(C)(C)CC1=O.CCC1CCC(C)(C)CC1O.CCC1CCC(C)=CC1=O.O=C=O. The molecule has 53 heavy (non-hydrogen) atoms. The second kappa shape index (κ2) is 26.1. The molecule has 0 aromatic carbocycles. The van der Waals surface area contributed by atoms with Gasteiger partial charge in [0.15, 0.2) is 17.3 Å². The van der Waals surface area contributed by atoms with Crippen molar-refractivity contribution in [2.75, 3.05) is 0 Å². The summed E-state index contributed by atoms with van der Waals surface area (Å²) in [5.41, 5.74) is 4.42. The number of Topliss-reactive ketones (excluding diaryl/α,β-unsaturated/α-hetero) is 1. The first-order chi connectivity index (χ1) is 24.8. The Morgan fingerprint density at radius 2 is 1.17 bits per heavy atom. The summed E-state index contributed by atoms with van der Waals surface area (Å²) in [5, 5.41) is 9.70. The Labute approximate surface area is 323 Å². The number of allylic oxidation sites excluding steroid dienone is 6. The third kappa shape index (κ3) is 21.7. The molecule has 5 aliphatic carbocycles. The molecule has 302 valence electrons. The van der Waals surface area contributed by atoms with Crippen LogP contribution in [-0.2, 0) is 28.8 Å². The van der Waals surface area contributed by atoms with Gasteiger partial charge < -0.3 is 5.11 Å². The fourth-order valence-electron chi connectivity index (χ4n) is 7.80. The molecular formula is C46H76O7. The van der Waals surface area contributed by atoms with E-state index in [0.717, 1.165) is 83.5 Å². The minimum absolute atomic E-state index is 0.0382. The molecule has 0 amide bonds. The lowest BCUT2D eigenvalue weighted by Gasteiger charge is -2.37. The number of carbonyl (C=O) groups is 4. The number of ketones is 4. The van der Waals surface area contributed by atoms with Crippen LogP contribution in [0.5, 0.6) is 0 Å². The number of aliphatic hydroxyl groups excluding tert-OH is 1. The fraction of sp³-hybridized carbons (Fsp3) is 0.761. The van der Waals surface area contributed by atoms with Crippen molar-refractivity contribution in [1.82, 2.24) is 0 Å². The van der Waals surface area contributed by atoms with Crippen molar-refractivity contribution in [1.29, 1.82) is 0 Å². The number of aliphatic hydroxyl groups is 1. The molecule has 0 aromatic rings. The average molecular weight is 741 g/mol. The molecule has 0 bridgehead atoms. The van der Waals surface area contributed by atoms with Gasteiger partial charge in [-0.25, -0.2) is 0 Å². The summed E-state index contributed by atoms with van der Waals surface area (Å²) >= 11 is 0. The first-order valence-electron chi connectivity index (χ1n) is 20.6. The van der Waals surface area contributed by atoms with E-state index < -0.39 is 0 Å². The van der Waals surface area contributed by atoms with Crippen LogP contribution in [0.1, 0.15) is 185 Å². The number of hydrogen-bond acceptors (Lipinski definition) is 7. The normalized spacial score (nSPS) is 27.2. The van der Waals surface area contributed by atoms with Crippen LogP contribution in [0.15, 0.2) is 34.9 Å². The van der Waals surface area contributed by atoms with E-state index in [1.807, 2.05) is 13.8 Å². The minimum atomic E-state index is -0.0382. The first kappa shape index (κ1) is 50.2. The summed E-state index contributed by atoms with van der Waals surface area (Å²) in [4.78, 5) is 60.3. The molecule has 0 heterocycles. The number of carbonyl (C=O) groups excluding carboxylic acids is 6. The van der Waals surface area contributed by atoms with Crippen LogP contribution < -0.4 is 0 Å². The molecule has 5 aliphatic rings. The lowest BCUT2D eigenvalue weighted by Crippen LogP contribution is -2.33. The van der Waals surface area contributed by atoms with Crippen LogP contribution in [0.25, 0.3) is 0 Å². The molecular weight excluding hydrogens is 664 g/mol. The van der Waals surface area contributed by atoms with Crippen LogP contribution in [0.3, 0.4) is 0 Å². The Morgan fingerprint density at radius 3 is 1.60 bits per heavy atom. The van der Waals surface area contributed by atoms with E-state index in [4.69, 9.17) is 9.59 Å². The zero-order chi connectivity index (χ0) is 40.8. The van der Waals surface area contributed by atoms with Crippen molar-refractivity contribution in [3.8, 4) is 0 Å². The van der Waals surface area contributed by atoms with E-state index in [1.165, 1.54) is 42.4 Å². The van der Waals surface area contributed by atoms with Gasteiger partial charge in [-0.3, -0.25) is 19.2 Å². The molecule has 5 rings (SSSR count). The molecule has 0 radical (unpaired) electrons. The van der Waals surface area contributed by atoms with Crippen LogP contribution in [0.2, 0.25) is 0 Å². The lowest BCUT2D eigenvalue weighted by atomic mass is 9.71. The number of rotatable bonds is 4. The smallest absolute Gasteiger partial charge is 0.373 e. The Balaban J connectivity index is 0.000000627. The Hall–Kier alpha value is -2.76. The van der Waals surface area contributed by atoms with Gasteiger partial charge in [-0.1, -0.05) is 78.5 Å². The molecule has 0 aromatic heterocycles. The molecule has 2 saturated carbocycles. The summed E-state index contributed by atoms with van der Waals surface area (Å²) in [6, 6.07) is 0. The summed E-state index contributed by atoms with van der Waals surface area (Å²) in [7, 11) is 0. The third-order valence-corrected chi connectivity index (χ3v) is 11.6. The van der Waals surface area contributed by atoms with Gasteiger partial charge >= 0.3 is 6.15 Å². The van der Waals surface area contributed by atoms with Gasteiger partial charge in [0, 0.05) is 31.1 Å². The number of hydrogen-bond donors (Lipinski definition) is 1. The largest absolute Gasteiger partial charge is 0.393 e. The monoisotopic (exact) mass is 741 g/mol. The highest BCUT2D eigenvalue weighted by atomic mass is 16.3. The minimum Gasteiger partial charge on any atom is -0.393 e. The maximum absolute atomic E-state index is 11.4. The summed E-state index contributed by atoms with van der Waals surface area (Å²) < 4.78 is 0. The highest BCUT2D eigenvalue weighted by molar-refractivity contribution is 5.93. The standard InChI is InChI=1S/C10H20O.C10H18O.2C9H14O.C7H10O.CO2/c2*1-4-8-5-6-10(2,3)7-9(8)11;1-3-8-4-5-9(10)6-7(8)2;1-3-8-5-4-7(2)6-9(8)10;1-6-3-2-4-7(8)5-6;2-1-3/h8-9,11H,4-7H2,1-3H3;8H,4-7H2,1-3H3;2*6,8H,3-5H2,1-2H3;5H,2-4H2,1H3;. The van der Waals surface area contributed by atoms with E-state index >= 15 is 0 Å². The van der Waals surface area contributed by atoms with Crippen LogP contribution in [0, 0.1) is 34.5 Å². The highest BCUT2D eigenvalue weighted by Crippen LogP contribution is 2.39. The van der Waals surface area contributed by atoms with E-state index in [2.05, 4.69) is 62.3 Å². The molecule has 0 aliphatic heterocycles. The zero-order valence-electron chi connectivity index (χ0n) is 35.5. The van der Waals surface area contributed by atoms with E-state index in [-0.39, 0.29) is 17.7 Å². The molecule has 7 nitrogen and oxygen atoms in total. The quantitative estimate of drug-likeness (QED) is 0.304. The Morgan fingerprint density at radius 1 is 0.642 bits per heavy atom. The molecule has 1 N–H and O–H groups in total. The van der Waals surface area contributed by atoms with Crippen molar-refractivity contribution in [2.24, 2.45) is 34.5 Å². The topological polar surface area (TPSA) is 123 Å². The molecule has 5 atom stereocenters. The third-order valence-electron chi connectivity index (χ3n) is 11.6. The van der Waals surface area contributed by atoms with E-state index in [0.29, 0.717) is 52.2 Å². The van der Waals surface area contributed by atoms with Gasteiger partial charge in [-0.2, -0.15) is 9.59 Å². The molecule has 5 unspecified atom stereocenters. The maximum Gasteiger partial charge on any atom is 0.373 e. The predicted octanol–water partition coefficient (Wildman–Crippen LogP) is 11.1. The maximum atomic E-state index is 11.4. The van der Waals surface area contributed by atoms with Gasteiger partial charge in [0.2, 0.25) is 0 Å². The van der Waals surface area contributed by atoms with Crippen molar-refractivity contribution in [3.05, 3.63) is 34.9 Å². The predicted molar refractivity (Wildman–Crippen MR) is 215 cm³/mol. The first-order valence-corrected chi connectivity index (χ1v) is 20.6. The summed E-state index contributed by atoms with van der Waals surface area (Å²) in [6.07, 6.45) is 23.5. The fourth-order valence-corrected chi connectivity index (χ4v) is 7.80. The van der Waals surface area contributed by atoms with Crippen LogP contribution >= 0.6 is 0 Å². The average Bonchev–Trinajstić information content (AvgIpc) is 3.06. The molecule has 0 spiro atoms. The van der Waals surface area contributed by atoms with E-state index in [1.54, 1.807) is 18.2 Å². The highest BCUT2D eigenvalue weighted by Gasteiger charge is 2.33. The molecule has 0 saturated heterocycles. The zero-order valence-corrected chi connectivity index (χ0v) is 35.5. The van der Waals surface area contributed by atoms with Gasteiger partial charge in [0.05, 0.1) is 6.10 Å². The van der Waals surface area contributed by atoms with Gasteiger partial charge in [0.25, 0.3) is 0 Å². The Kier molecular flexibility index (Phi) is 24.8. The Bertz CT molecular complexity index is 1270. The lowest BCUT2D eigenvalue weighted by molar-refractivity contribution is -0.191.